The molecule has 1 aliphatic carbocycles. The summed E-state index contributed by atoms with van der Waals surface area (Å²) in [7, 11) is 0. The number of nitrogens with zero attached hydrogens (tertiary/aromatic N) is 1. The summed E-state index contributed by atoms with van der Waals surface area (Å²) in [5.41, 5.74) is 1.31. The van der Waals surface area contributed by atoms with Gasteiger partial charge in [0.05, 0.1) is 6.54 Å². The molecule has 2 unspecified atom stereocenters. The Morgan fingerprint density at radius 2 is 2.00 bits per heavy atom. The van der Waals surface area contributed by atoms with Gasteiger partial charge in [0.2, 0.25) is 0 Å². The smallest absolute Gasteiger partial charge is 0.118 e. The van der Waals surface area contributed by atoms with E-state index in [9.17, 15) is 0 Å². The van der Waals surface area contributed by atoms with Crippen LogP contribution in [-0.2, 0) is 13.1 Å². The van der Waals surface area contributed by atoms with E-state index >= 15 is 0 Å². The Morgan fingerprint density at radius 1 is 1.30 bits per heavy atom. The molecule has 3 nitrogen and oxygen atoms in total. The van der Waals surface area contributed by atoms with Crippen molar-refractivity contribution in [2.75, 3.05) is 13.1 Å². The standard InChI is InChI=1S/C17H28N2O/c1-12(2)18-8-16-7-17(20-13(16)3)11-19-9-14-5-4-6-15(14)10-19/h7,12,14-15,18H,4-6,8-11H2,1-3H3. The van der Waals surface area contributed by atoms with E-state index in [4.69, 9.17) is 4.42 Å². The first kappa shape index (κ1) is 14.2. The minimum absolute atomic E-state index is 0.519. The van der Waals surface area contributed by atoms with Crippen molar-refractivity contribution in [1.29, 1.82) is 0 Å². The van der Waals surface area contributed by atoms with Crippen molar-refractivity contribution in [3.05, 3.63) is 23.2 Å². The van der Waals surface area contributed by atoms with Crippen LogP contribution in [0.4, 0.5) is 0 Å². The van der Waals surface area contributed by atoms with Gasteiger partial charge >= 0.3 is 0 Å². The summed E-state index contributed by atoms with van der Waals surface area (Å²) in [5.74, 6) is 4.15. The van der Waals surface area contributed by atoms with Crippen LogP contribution in [-0.4, -0.2) is 24.0 Å². The zero-order valence-corrected chi connectivity index (χ0v) is 13.1. The van der Waals surface area contributed by atoms with Gasteiger partial charge in [-0.1, -0.05) is 20.3 Å². The average Bonchev–Trinajstić information content (AvgIpc) is 3.02. The molecule has 0 amide bonds. The Labute approximate surface area is 122 Å². The number of nitrogens with one attached hydrogen (secondary N) is 1. The van der Waals surface area contributed by atoms with Crippen LogP contribution < -0.4 is 5.32 Å². The maximum atomic E-state index is 5.95. The van der Waals surface area contributed by atoms with Crippen LogP contribution in [0, 0.1) is 18.8 Å². The lowest BCUT2D eigenvalue weighted by Gasteiger charge is -2.14. The van der Waals surface area contributed by atoms with Crippen LogP contribution in [0.25, 0.3) is 0 Å². The molecule has 20 heavy (non-hydrogen) atoms. The molecule has 1 aliphatic heterocycles. The third-order valence-corrected chi connectivity index (χ3v) is 4.95. The molecule has 1 saturated heterocycles. The monoisotopic (exact) mass is 276 g/mol. The summed E-state index contributed by atoms with van der Waals surface area (Å²) in [5, 5.41) is 3.47. The predicted molar refractivity (Wildman–Crippen MR) is 81.5 cm³/mol. The zero-order valence-electron chi connectivity index (χ0n) is 13.1. The highest BCUT2D eigenvalue weighted by molar-refractivity contribution is 5.21. The van der Waals surface area contributed by atoms with E-state index in [0.29, 0.717) is 6.04 Å². The lowest BCUT2D eigenvalue weighted by Crippen LogP contribution is -2.22. The number of rotatable bonds is 5. The van der Waals surface area contributed by atoms with Gasteiger partial charge in [-0.05, 0) is 37.7 Å². The summed E-state index contributed by atoms with van der Waals surface area (Å²) in [4.78, 5) is 2.59. The van der Waals surface area contributed by atoms with Crippen molar-refractivity contribution in [1.82, 2.24) is 10.2 Å². The number of fused-ring (bicyclic) bond motifs is 1. The van der Waals surface area contributed by atoms with Crippen molar-refractivity contribution in [3.63, 3.8) is 0 Å². The van der Waals surface area contributed by atoms with E-state index in [1.165, 1.54) is 37.9 Å². The van der Waals surface area contributed by atoms with Crippen LogP contribution in [0.3, 0.4) is 0 Å². The second kappa shape index (κ2) is 5.90. The van der Waals surface area contributed by atoms with Crippen LogP contribution in [0.1, 0.15) is 50.2 Å². The van der Waals surface area contributed by atoms with Crippen LogP contribution in [0.2, 0.25) is 0 Å². The fourth-order valence-corrected chi connectivity index (χ4v) is 3.84. The molecule has 1 saturated carbocycles. The summed E-state index contributed by atoms with van der Waals surface area (Å²) >= 11 is 0. The molecule has 1 aromatic rings. The highest BCUT2D eigenvalue weighted by Crippen LogP contribution is 2.38. The van der Waals surface area contributed by atoms with Gasteiger partial charge < -0.3 is 9.73 Å². The molecule has 112 valence electrons. The number of hydrogen-bond donors (Lipinski definition) is 1. The lowest BCUT2D eigenvalue weighted by molar-refractivity contribution is 0.274. The SMILES string of the molecule is Cc1oc(CN2CC3CCCC3C2)cc1CNC(C)C. The molecule has 2 fully saturated rings. The van der Waals surface area contributed by atoms with E-state index in [0.717, 1.165) is 36.4 Å². The van der Waals surface area contributed by atoms with Crippen molar-refractivity contribution in [2.24, 2.45) is 11.8 Å². The second-order valence-electron chi connectivity index (χ2n) is 6.97. The van der Waals surface area contributed by atoms with E-state index in [1.54, 1.807) is 0 Å². The minimum Gasteiger partial charge on any atom is -0.465 e. The van der Waals surface area contributed by atoms with Gasteiger partial charge in [-0.15, -0.1) is 0 Å². The predicted octanol–water partition coefficient (Wildman–Crippen LogP) is 3.32. The van der Waals surface area contributed by atoms with Crippen molar-refractivity contribution in [3.8, 4) is 0 Å². The first-order valence-electron chi connectivity index (χ1n) is 8.15. The molecule has 1 aromatic heterocycles. The fraction of sp³-hybridized carbons (Fsp3) is 0.765. The molecule has 0 radical (unpaired) electrons. The molecular weight excluding hydrogens is 248 g/mol. The fourth-order valence-electron chi connectivity index (χ4n) is 3.84. The van der Waals surface area contributed by atoms with E-state index in [1.807, 2.05) is 0 Å². The summed E-state index contributed by atoms with van der Waals surface area (Å²) < 4.78 is 5.95. The van der Waals surface area contributed by atoms with Crippen molar-refractivity contribution < 1.29 is 4.42 Å². The third kappa shape index (κ3) is 3.09. The quantitative estimate of drug-likeness (QED) is 0.894. The third-order valence-electron chi connectivity index (χ3n) is 4.95. The first-order valence-corrected chi connectivity index (χ1v) is 8.15. The lowest BCUT2D eigenvalue weighted by atomic mass is 10.0. The molecule has 2 aliphatic rings. The van der Waals surface area contributed by atoms with E-state index in [-0.39, 0.29) is 0 Å². The molecule has 0 bridgehead atoms. The van der Waals surface area contributed by atoms with Gasteiger partial charge in [0, 0.05) is 31.2 Å². The van der Waals surface area contributed by atoms with Crippen LogP contribution in [0.15, 0.2) is 10.5 Å². The molecule has 0 aromatic carbocycles. The maximum Gasteiger partial charge on any atom is 0.118 e. The number of likely N-dealkylation sites (tertiary alicyclic amines) is 1. The summed E-state index contributed by atoms with van der Waals surface area (Å²) in [6.07, 6.45) is 4.35. The van der Waals surface area contributed by atoms with Gasteiger partial charge in [-0.25, -0.2) is 0 Å². The van der Waals surface area contributed by atoms with Crippen LogP contribution in [0.5, 0.6) is 0 Å². The largest absolute Gasteiger partial charge is 0.465 e. The number of furan rings is 1. The highest BCUT2D eigenvalue weighted by Gasteiger charge is 2.36. The summed E-state index contributed by atoms with van der Waals surface area (Å²) in [6, 6.07) is 2.77. The van der Waals surface area contributed by atoms with Gasteiger partial charge in [0.1, 0.15) is 11.5 Å². The van der Waals surface area contributed by atoms with Crippen LogP contribution >= 0.6 is 0 Å². The Kier molecular flexibility index (Phi) is 4.18. The van der Waals surface area contributed by atoms with Crippen molar-refractivity contribution >= 4 is 0 Å². The second-order valence-corrected chi connectivity index (χ2v) is 6.97. The molecular formula is C17H28N2O. The Morgan fingerprint density at radius 3 is 2.65 bits per heavy atom. The molecule has 3 rings (SSSR count). The average molecular weight is 276 g/mol. The first-order chi connectivity index (χ1) is 9.61. The molecule has 3 heteroatoms. The van der Waals surface area contributed by atoms with Gasteiger partial charge in [-0.3, -0.25) is 4.90 Å². The Hall–Kier alpha value is -0.800. The van der Waals surface area contributed by atoms with Gasteiger partial charge in [0.15, 0.2) is 0 Å². The summed E-state index contributed by atoms with van der Waals surface area (Å²) in [6.45, 7) is 10.9. The van der Waals surface area contributed by atoms with E-state index < -0.39 is 0 Å². The maximum absolute atomic E-state index is 5.95. The topological polar surface area (TPSA) is 28.4 Å². The normalized spacial score (nSPS) is 26.6. The Balaban J connectivity index is 1.57. The highest BCUT2D eigenvalue weighted by atomic mass is 16.3. The number of hydrogen-bond acceptors (Lipinski definition) is 3. The van der Waals surface area contributed by atoms with Gasteiger partial charge in [0.25, 0.3) is 0 Å². The zero-order chi connectivity index (χ0) is 14.1. The molecule has 1 N–H and O–H groups in total. The minimum atomic E-state index is 0.519. The van der Waals surface area contributed by atoms with E-state index in [2.05, 4.69) is 37.1 Å². The van der Waals surface area contributed by atoms with Gasteiger partial charge in [-0.2, -0.15) is 0 Å². The van der Waals surface area contributed by atoms with Crippen molar-refractivity contribution in [2.45, 2.75) is 59.2 Å². The number of aryl methyl sites for hydroxylation is 1. The molecule has 0 spiro atoms. The Bertz CT molecular complexity index is 440. The molecule has 2 heterocycles. The molecule has 2 atom stereocenters.